The van der Waals surface area contributed by atoms with Crippen LogP contribution in [0.5, 0.6) is 0 Å². The largest absolute Gasteiger partial charge is 0.462 e. The molecule has 1 aliphatic carbocycles. The van der Waals surface area contributed by atoms with Gasteiger partial charge in [0.25, 0.3) is 0 Å². The highest BCUT2D eigenvalue weighted by Crippen LogP contribution is 2.44. The Morgan fingerprint density at radius 2 is 2.07 bits per heavy atom. The molecule has 0 aromatic carbocycles. The lowest BCUT2D eigenvalue weighted by Crippen LogP contribution is -2.30. The predicted octanol–water partition coefficient (Wildman–Crippen LogP) is 2.93. The molecule has 0 radical (unpaired) electrons. The van der Waals surface area contributed by atoms with Gasteiger partial charge in [-0.3, -0.25) is 0 Å². The molecule has 0 saturated heterocycles. The predicted molar refractivity (Wildman–Crippen MR) is 56.9 cm³/mol. The van der Waals surface area contributed by atoms with Crippen molar-refractivity contribution in [1.82, 2.24) is 0 Å². The van der Waals surface area contributed by atoms with E-state index < -0.39 is 0 Å². The molecule has 0 aromatic rings. The van der Waals surface area contributed by atoms with Gasteiger partial charge in [-0.1, -0.05) is 33.3 Å². The van der Waals surface area contributed by atoms with Crippen LogP contribution in [0.25, 0.3) is 0 Å². The van der Waals surface area contributed by atoms with Crippen molar-refractivity contribution in [3.05, 3.63) is 12.7 Å². The standard InChI is InChI=1S/C12H20O2/c1-4-11(13)14-9-12(10(2)3)7-5-6-8-12/h4,10H,1,5-9H2,2-3H3. The van der Waals surface area contributed by atoms with Crippen LogP contribution in [-0.4, -0.2) is 12.6 Å². The highest BCUT2D eigenvalue weighted by molar-refractivity contribution is 5.81. The van der Waals surface area contributed by atoms with Crippen molar-refractivity contribution in [3.63, 3.8) is 0 Å². The Morgan fingerprint density at radius 3 is 2.50 bits per heavy atom. The van der Waals surface area contributed by atoms with E-state index in [1.807, 2.05) is 0 Å². The van der Waals surface area contributed by atoms with Gasteiger partial charge in [0.1, 0.15) is 0 Å². The van der Waals surface area contributed by atoms with Gasteiger partial charge in [0, 0.05) is 11.5 Å². The fourth-order valence-electron chi connectivity index (χ4n) is 2.24. The van der Waals surface area contributed by atoms with Gasteiger partial charge in [-0.25, -0.2) is 4.79 Å². The van der Waals surface area contributed by atoms with Crippen LogP contribution in [0.4, 0.5) is 0 Å². The second-order valence-corrected chi connectivity index (χ2v) is 4.54. The first kappa shape index (κ1) is 11.3. The Labute approximate surface area is 86.3 Å². The van der Waals surface area contributed by atoms with Crippen molar-refractivity contribution in [2.24, 2.45) is 11.3 Å². The molecule has 1 aliphatic rings. The number of hydrogen-bond donors (Lipinski definition) is 0. The molecular formula is C12H20O2. The number of ether oxygens (including phenoxy) is 1. The number of hydrogen-bond acceptors (Lipinski definition) is 2. The average molecular weight is 196 g/mol. The molecule has 2 nitrogen and oxygen atoms in total. The topological polar surface area (TPSA) is 26.3 Å². The normalized spacial score (nSPS) is 19.6. The van der Waals surface area contributed by atoms with Gasteiger partial charge in [0.15, 0.2) is 0 Å². The third-order valence-corrected chi connectivity index (χ3v) is 3.49. The van der Waals surface area contributed by atoms with Gasteiger partial charge in [-0.15, -0.1) is 0 Å². The lowest BCUT2D eigenvalue weighted by atomic mass is 9.76. The van der Waals surface area contributed by atoms with Crippen molar-refractivity contribution >= 4 is 5.97 Å². The van der Waals surface area contributed by atoms with Crippen molar-refractivity contribution in [2.75, 3.05) is 6.61 Å². The maximum absolute atomic E-state index is 11.0. The first-order valence-corrected chi connectivity index (χ1v) is 5.40. The molecule has 0 N–H and O–H groups in total. The summed E-state index contributed by atoms with van der Waals surface area (Å²) in [5.41, 5.74) is 0.235. The van der Waals surface area contributed by atoms with Crippen LogP contribution in [0.15, 0.2) is 12.7 Å². The van der Waals surface area contributed by atoms with Gasteiger partial charge in [-0.2, -0.15) is 0 Å². The summed E-state index contributed by atoms with van der Waals surface area (Å²) in [6, 6.07) is 0. The molecule has 1 saturated carbocycles. The molecule has 14 heavy (non-hydrogen) atoms. The summed E-state index contributed by atoms with van der Waals surface area (Å²) < 4.78 is 5.18. The molecule has 0 aromatic heterocycles. The quantitative estimate of drug-likeness (QED) is 0.510. The van der Waals surface area contributed by atoms with E-state index in [4.69, 9.17) is 4.74 Å². The van der Waals surface area contributed by atoms with E-state index in [9.17, 15) is 4.79 Å². The Balaban J connectivity index is 2.52. The lowest BCUT2D eigenvalue weighted by Gasteiger charge is -2.32. The molecule has 80 valence electrons. The fraction of sp³-hybridized carbons (Fsp3) is 0.750. The molecule has 0 heterocycles. The summed E-state index contributed by atoms with van der Waals surface area (Å²) in [6.45, 7) is 8.39. The highest BCUT2D eigenvalue weighted by Gasteiger charge is 2.37. The van der Waals surface area contributed by atoms with Crippen LogP contribution in [0, 0.1) is 11.3 Å². The van der Waals surface area contributed by atoms with E-state index in [0.717, 1.165) is 0 Å². The summed E-state index contributed by atoms with van der Waals surface area (Å²) in [6.07, 6.45) is 6.15. The third-order valence-electron chi connectivity index (χ3n) is 3.49. The zero-order valence-electron chi connectivity index (χ0n) is 9.21. The lowest BCUT2D eigenvalue weighted by molar-refractivity contribution is -0.142. The van der Waals surface area contributed by atoms with Crippen LogP contribution < -0.4 is 0 Å². The average Bonchev–Trinajstić information content (AvgIpc) is 2.64. The van der Waals surface area contributed by atoms with Crippen molar-refractivity contribution in [2.45, 2.75) is 39.5 Å². The molecule has 0 aliphatic heterocycles. The second kappa shape index (κ2) is 4.63. The minimum Gasteiger partial charge on any atom is -0.462 e. The number of carbonyl (C=O) groups excluding carboxylic acids is 1. The van der Waals surface area contributed by atoms with Crippen molar-refractivity contribution in [1.29, 1.82) is 0 Å². The van der Waals surface area contributed by atoms with E-state index in [-0.39, 0.29) is 11.4 Å². The maximum atomic E-state index is 11.0. The second-order valence-electron chi connectivity index (χ2n) is 4.54. The molecule has 0 amide bonds. The molecule has 0 spiro atoms. The molecule has 1 rings (SSSR count). The zero-order valence-corrected chi connectivity index (χ0v) is 9.21. The fourth-order valence-corrected chi connectivity index (χ4v) is 2.24. The summed E-state index contributed by atoms with van der Waals surface area (Å²) in [5, 5.41) is 0. The molecular weight excluding hydrogens is 176 g/mol. The van der Waals surface area contributed by atoms with Gasteiger partial charge >= 0.3 is 5.97 Å². The van der Waals surface area contributed by atoms with Crippen LogP contribution in [0.2, 0.25) is 0 Å². The van der Waals surface area contributed by atoms with Gasteiger partial charge in [0.05, 0.1) is 6.61 Å². The molecule has 0 atom stereocenters. The van der Waals surface area contributed by atoms with Gasteiger partial charge < -0.3 is 4.74 Å². The van der Waals surface area contributed by atoms with Crippen LogP contribution in [0.3, 0.4) is 0 Å². The minimum atomic E-state index is -0.295. The Hall–Kier alpha value is -0.790. The molecule has 0 unspecified atom stereocenters. The Kier molecular flexibility index (Phi) is 3.73. The highest BCUT2D eigenvalue weighted by atomic mass is 16.5. The van der Waals surface area contributed by atoms with Gasteiger partial charge in [-0.05, 0) is 18.8 Å². The van der Waals surface area contributed by atoms with E-state index in [0.29, 0.717) is 12.5 Å². The van der Waals surface area contributed by atoms with Crippen LogP contribution in [-0.2, 0) is 9.53 Å². The summed E-state index contributed by atoms with van der Waals surface area (Å²) in [5.74, 6) is 0.291. The third kappa shape index (κ3) is 2.37. The molecule has 0 bridgehead atoms. The Morgan fingerprint density at radius 1 is 1.50 bits per heavy atom. The van der Waals surface area contributed by atoms with E-state index in [1.165, 1.54) is 31.8 Å². The van der Waals surface area contributed by atoms with E-state index >= 15 is 0 Å². The van der Waals surface area contributed by atoms with E-state index in [2.05, 4.69) is 20.4 Å². The SMILES string of the molecule is C=CC(=O)OCC1(C(C)C)CCCC1. The van der Waals surface area contributed by atoms with Crippen LogP contribution >= 0.6 is 0 Å². The number of rotatable bonds is 4. The maximum Gasteiger partial charge on any atom is 0.330 e. The number of esters is 1. The smallest absolute Gasteiger partial charge is 0.330 e. The first-order valence-electron chi connectivity index (χ1n) is 5.40. The molecule has 2 heteroatoms. The zero-order chi connectivity index (χ0) is 10.6. The Bertz CT molecular complexity index is 212. The minimum absolute atomic E-state index is 0.235. The summed E-state index contributed by atoms with van der Waals surface area (Å²) >= 11 is 0. The molecule has 1 fully saturated rings. The van der Waals surface area contributed by atoms with E-state index in [1.54, 1.807) is 0 Å². The van der Waals surface area contributed by atoms with Crippen molar-refractivity contribution in [3.8, 4) is 0 Å². The monoisotopic (exact) mass is 196 g/mol. The van der Waals surface area contributed by atoms with Gasteiger partial charge in [0.2, 0.25) is 0 Å². The summed E-state index contributed by atoms with van der Waals surface area (Å²) in [4.78, 5) is 11.0. The summed E-state index contributed by atoms with van der Waals surface area (Å²) in [7, 11) is 0. The van der Waals surface area contributed by atoms with Crippen molar-refractivity contribution < 1.29 is 9.53 Å². The first-order chi connectivity index (χ1) is 6.60. The number of carbonyl (C=O) groups is 1. The van der Waals surface area contributed by atoms with Crippen LogP contribution in [0.1, 0.15) is 39.5 Å².